The van der Waals surface area contributed by atoms with E-state index in [0.717, 1.165) is 0 Å². The maximum Gasteiger partial charge on any atom is 0.236 e. The van der Waals surface area contributed by atoms with Crippen LogP contribution in [0, 0.1) is 0 Å². The predicted molar refractivity (Wildman–Crippen MR) is 84.6 cm³/mol. The molecule has 9 heteroatoms. The standard InChI is InChI=1S/C12H12ClN3O3S2/c1-8(15-16-12-14-11(17)6-20-12)7-21(18,19)10-4-2-9(13)3-5-10/h2-5H,6-7H2,1H3,(H,14,16,17)/b15-8-. The van der Waals surface area contributed by atoms with Crippen molar-refractivity contribution < 1.29 is 13.2 Å². The third kappa shape index (κ3) is 4.55. The zero-order valence-corrected chi connectivity index (χ0v) is 13.4. The van der Waals surface area contributed by atoms with E-state index < -0.39 is 9.84 Å². The zero-order chi connectivity index (χ0) is 15.5. The predicted octanol–water partition coefficient (Wildman–Crippen LogP) is 1.71. The minimum absolute atomic E-state index is 0.139. The molecule has 1 aliphatic heterocycles. The molecule has 0 radical (unpaired) electrons. The van der Waals surface area contributed by atoms with Crippen molar-refractivity contribution >= 4 is 50.0 Å². The molecule has 2 rings (SSSR count). The van der Waals surface area contributed by atoms with Gasteiger partial charge in [-0.3, -0.25) is 4.79 Å². The number of benzene rings is 1. The van der Waals surface area contributed by atoms with Crippen molar-refractivity contribution in [2.24, 2.45) is 10.2 Å². The average Bonchev–Trinajstić information content (AvgIpc) is 2.82. The van der Waals surface area contributed by atoms with Gasteiger partial charge in [0, 0.05) is 5.02 Å². The molecule has 112 valence electrons. The molecule has 1 N–H and O–H groups in total. The molecular weight excluding hydrogens is 334 g/mol. The second-order valence-corrected chi connectivity index (χ2v) is 7.68. The summed E-state index contributed by atoms with van der Waals surface area (Å²) in [6.45, 7) is 1.57. The average molecular weight is 346 g/mol. The number of nitrogens with one attached hydrogen (secondary N) is 1. The Kier molecular flexibility index (Phi) is 5.02. The second kappa shape index (κ2) is 6.59. The lowest BCUT2D eigenvalue weighted by molar-refractivity contribution is -0.116. The third-order valence-electron chi connectivity index (χ3n) is 2.47. The summed E-state index contributed by atoms with van der Waals surface area (Å²) >= 11 is 6.96. The first-order chi connectivity index (χ1) is 9.87. The molecule has 1 amide bonds. The highest BCUT2D eigenvalue weighted by atomic mass is 35.5. The van der Waals surface area contributed by atoms with Crippen LogP contribution in [-0.2, 0) is 14.6 Å². The Morgan fingerprint density at radius 2 is 2.05 bits per heavy atom. The number of carbonyl (C=O) groups is 1. The molecule has 1 aliphatic rings. The minimum Gasteiger partial charge on any atom is -0.303 e. The zero-order valence-electron chi connectivity index (χ0n) is 11.0. The quantitative estimate of drug-likeness (QED) is 0.664. The summed E-state index contributed by atoms with van der Waals surface area (Å²) in [5, 5.41) is 11.0. The first-order valence-electron chi connectivity index (χ1n) is 5.89. The Hall–Kier alpha value is -1.38. The number of halogens is 1. The fourth-order valence-corrected chi connectivity index (χ4v) is 3.61. The van der Waals surface area contributed by atoms with Crippen LogP contribution in [0.1, 0.15) is 6.92 Å². The summed E-state index contributed by atoms with van der Waals surface area (Å²) in [5.41, 5.74) is 0.333. The third-order valence-corrected chi connectivity index (χ3v) is 5.37. The summed E-state index contributed by atoms with van der Waals surface area (Å²) in [6, 6.07) is 5.94. The highest BCUT2D eigenvalue weighted by Crippen LogP contribution is 2.16. The smallest absolute Gasteiger partial charge is 0.236 e. The van der Waals surface area contributed by atoms with Crippen LogP contribution in [0.4, 0.5) is 0 Å². The fourth-order valence-electron chi connectivity index (χ4n) is 1.54. The van der Waals surface area contributed by atoms with Crippen molar-refractivity contribution in [2.45, 2.75) is 11.8 Å². The molecule has 0 spiro atoms. The number of thioether (sulfide) groups is 1. The van der Waals surface area contributed by atoms with Crippen LogP contribution >= 0.6 is 23.4 Å². The van der Waals surface area contributed by atoms with Crippen molar-refractivity contribution in [3.05, 3.63) is 29.3 Å². The van der Waals surface area contributed by atoms with Crippen molar-refractivity contribution in [2.75, 3.05) is 11.5 Å². The number of sulfone groups is 1. The normalized spacial score (nSPS) is 18.1. The van der Waals surface area contributed by atoms with E-state index >= 15 is 0 Å². The fraction of sp³-hybridized carbons (Fsp3) is 0.250. The van der Waals surface area contributed by atoms with Gasteiger partial charge in [-0.05, 0) is 31.2 Å². The van der Waals surface area contributed by atoms with E-state index in [4.69, 9.17) is 11.6 Å². The lowest BCUT2D eigenvalue weighted by Crippen LogP contribution is -2.20. The van der Waals surface area contributed by atoms with Gasteiger partial charge in [0.2, 0.25) is 5.91 Å². The van der Waals surface area contributed by atoms with Crippen molar-refractivity contribution in [3.8, 4) is 0 Å². The van der Waals surface area contributed by atoms with Crippen molar-refractivity contribution in [1.82, 2.24) is 5.32 Å². The van der Waals surface area contributed by atoms with Gasteiger partial charge in [-0.2, -0.15) is 5.10 Å². The Morgan fingerprint density at radius 1 is 1.38 bits per heavy atom. The second-order valence-electron chi connectivity index (χ2n) is 4.29. The van der Waals surface area contributed by atoms with Crippen LogP contribution in [0.3, 0.4) is 0 Å². The summed E-state index contributed by atoms with van der Waals surface area (Å²) in [4.78, 5) is 11.1. The van der Waals surface area contributed by atoms with Crippen LogP contribution in [0.2, 0.25) is 5.02 Å². The molecule has 0 atom stereocenters. The Balaban J connectivity index is 2.09. The van der Waals surface area contributed by atoms with E-state index in [-0.39, 0.29) is 16.6 Å². The van der Waals surface area contributed by atoms with E-state index in [1.54, 1.807) is 6.92 Å². The van der Waals surface area contributed by atoms with Gasteiger partial charge < -0.3 is 5.32 Å². The van der Waals surface area contributed by atoms with Gasteiger partial charge in [-0.25, -0.2) is 8.42 Å². The van der Waals surface area contributed by atoms with E-state index in [2.05, 4.69) is 15.5 Å². The van der Waals surface area contributed by atoms with E-state index in [9.17, 15) is 13.2 Å². The molecule has 1 aromatic rings. The summed E-state index contributed by atoms with van der Waals surface area (Å²) in [7, 11) is -3.49. The van der Waals surface area contributed by atoms with Gasteiger partial charge in [0.05, 0.1) is 22.1 Å². The maximum atomic E-state index is 12.2. The molecule has 0 bridgehead atoms. The largest absolute Gasteiger partial charge is 0.303 e. The minimum atomic E-state index is -3.49. The summed E-state index contributed by atoms with van der Waals surface area (Å²) < 4.78 is 24.3. The van der Waals surface area contributed by atoms with Gasteiger partial charge in [-0.15, -0.1) is 5.10 Å². The molecule has 1 aromatic carbocycles. The van der Waals surface area contributed by atoms with Gasteiger partial charge >= 0.3 is 0 Å². The molecule has 1 heterocycles. The lowest BCUT2D eigenvalue weighted by atomic mass is 10.4. The molecule has 6 nitrogen and oxygen atoms in total. The molecule has 21 heavy (non-hydrogen) atoms. The first-order valence-corrected chi connectivity index (χ1v) is 8.90. The first kappa shape index (κ1) is 16.0. The molecule has 0 aromatic heterocycles. The maximum absolute atomic E-state index is 12.2. The van der Waals surface area contributed by atoms with Crippen LogP contribution in [0.15, 0.2) is 39.4 Å². The van der Waals surface area contributed by atoms with Gasteiger partial charge in [0.25, 0.3) is 0 Å². The van der Waals surface area contributed by atoms with Crippen molar-refractivity contribution in [3.63, 3.8) is 0 Å². The number of nitrogens with zero attached hydrogens (tertiary/aromatic N) is 2. The monoisotopic (exact) mass is 345 g/mol. The molecule has 1 fully saturated rings. The number of amides is 1. The van der Waals surface area contributed by atoms with E-state index in [0.29, 0.717) is 21.7 Å². The molecule has 0 saturated carbocycles. The van der Waals surface area contributed by atoms with Crippen LogP contribution < -0.4 is 5.32 Å². The van der Waals surface area contributed by atoms with E-state index in [1.807, 2.05) is 0 Å². The van der Waals surface area contributed by atoms with Crippen LogP contribution in [0.5, 0.6) is 0 Å². The van der Waals surface area contributed by atoms with Gasteiger partial charge in [0.15, 0.2) is 15.0 Å². The summed E-state index contributed by atoms with van der Waals surface area (Å²) in [5.74, 6) is -0.0825. The molecule has 1 saturated heterocycles. The number of hydrogen-bond donors (Lipinski definition) is 1. The summed E-state index contributed by atoms with van der Waals surface area (Å²) in [6.07, 6.45) is 0. The number of amidine groups is 1. The Morgan fingerprint density at radius 3 is 2.62 bits per heavy atom. The number of rotatable bonds is 4. The van der Waals surface area contributed by atoms with Crippen molar-refractivity contribution in [1.29, 1.82) is 0 Å². The lowest BCUT2D eigenvalue weighted by Gasteiger charge is -2.03. The van der Waals surface area contributed by atoms with E-state index in [1.165, 1.54) is 36.0 Å². The highest BCUT2D eigenvalue weighted by molar-refractivity contribution is 8.15. The van der Waals surface area contributed by atoms with Crippen LogP contribution in [-0.4, -0.2) is 36.7 Å². The highest BCUT2D eigenvalue weighted by Gasteiger charge is 2.18. The number of hydrogen-bond acceptors (Lipinski definition) is 6. The SMILES string of the molecule is C/C(CS(=O)(=O)c1ccc(Cl)cc1)=N/N=C1/NC(=O)CS1. The van der Waals surface area contributed by atoms with Gasteiger partial charge in [0.1, 0.15) is 0 Å². The molecule has 0 aliphatic carbocycles. The molecular formula is C12H12ClN3O3S2. The number of carbonyl (C=O) groups excluding carboxylic acids is 1. The van der Waals surface area contributed by atoms with Crippen LogP contribution in [0.25, 0.3) is 0 Å². The topological polar surface area (TPSA) is 88.0 Å². The Bertz CT molecular complexity index is 712. The Labute approximate surface area is 131 Å². The molecule has 0 unspecified atom stereocenters. The van der Waals surface area contributed by atoms with Gasteiger partial charge in [-0.1, -0.05) is 23.4 Å².